The Hall–Kier alpha value is -2.08. The van der Waals surface area contributed by atoms with Crippen LogP contribution in [0.3, 0.4) is 0 Å². The molecule has 0 radical (unpaired) electrons. The zero-order valence-electron chi connectivity index (χ0n) is 10.5. The van der Waals surface area contributed by atoms with Gasteiger partial charge in [-0.15, -0.1) is 0 Å². The van der Waals surface area contributed by atoms with E-state index in [0.29, 0.717) is 0 Å². The zero-order valence-corrected chi connectivity index (χ0v) is 11.2. The second-order valence-electron chi connectivity index (χ2n) is 4.18. The van der Waals surface area contributed by atoms with Crippen LogP contribution in [0.5, 0.6) is 0 Å². The highest BCUT2D eigenvalue weighted by atomic mass is 35.5. The van der Waals surface area contributed by atoms with E-state index in [1.165, 1.54) is 0 Å². The minimum atomic E-state index is -1.01. The van der Waals surface area contributed by atoms with Gasteiger partial charge in [0.25, 0.3) is 0 Å². The van der Waals surface area contributed by atoms with E-state index in [4.69, 9.17) is 21.1 Å². The smallest absolute Gasteiger partial charge is 0.413 e. The Bertz CT molecular complexity index is 519. The number of benzene rings is 1. The molecular formula is C13H12ClNO5. The van der Waals surface area contributed by atoms with Crippen molar-refractivity contribution >= 4 is 28.9 Å². The Morgan fingerprint density at radius 1 is 1.35 bits per heavy atom. The van der Waals surface area contributed by atoms with Crippen molar-refractivity contribution in [2.45, 2.75) is 19.1 Å². The highest BCUT2D eigenvalue weighted by Crippen LogP contribution is 2.17. The normalized spacial score (nSPS) is 17.8. The van der Waals surface area contributed by atoms with Gasteiger partial charge in [-0.2, -0.15) is 0 Å². The summed E-state index contributed by atoms with van der Waals surface area (Å²) < 4.78 is 9.80. The first-order valence-electron chi connectivity index (χ1n) is 5.90. The molecule has 6 nitrogen and oxygen atoms in total. The number of hydrogen-bond donors (Lipinski definition) is 0. The molecule has 20 heavy (non-hydrogen) atoms. The predicted octanol–water partition coefficient (Wildman–Crippen LogP) is 1.66. The van der Waals surface area contributed by atoms with Gasteiger partial charge in [0.15, 0.2) is 6.73 Å². The lowest BCUT2D eigenvalue weighted by Crippen LogP contribution is -2.39. The maximum Gasteiger partial charge on any atom is 0.413 e. The van der Waals surface area contributed by atoms with E-state index in [1.807, 2.05) is 18.2 Å². The summed E-state index contributed by atoms with van der Waals surface area (Å²) in [6, 6.07) is 8.09. The summed E-state index contributed by atoms with van der Waals surface area (Å²) in [6.07, 6.45) is -1.01. The van der Waals surface area contributed by atoms with Crippen LogP contribution >= 0.6 is 11.6 Å². The van der Waals surface area contributed by atoms with Crippen LogP contribution in [0.4, 0.5) is 4.79 Å². The Morgan fingerprint density at radius 2 is 2.05 bits per heavy atom. The number of cyclic esters (lactones) is 1. The number of halogens is 1. The van der Waals surface area contributed by atoms with Crippen LogP contribution in [0, 0.1) is 0 Å². The quantitative estimate of drug-likeness (QED) is 0.624. The zero-order chi connectivity index (χ0) is 14.5. The maximum absolute atomic E-state index is 11.9. The van der Waals surface area contributed by atoms with Crippen molar-refractivity contribution in [1.29, 1.82) is 0 Å². The van der Waals surface area contributed by atoms with Gasteiger partial charge in [-0.25, -0.2) is 9.59 Å². The van der Waals surface area contributed by atoms with Gasteiger partial charge in [-0.3, -0.25) is 9.69 Å². The van der Waals surface area contributed by atoms with E-state index in [9.17, 15) is 14.4 Å². The van der Waals surface area contributed by atoms with Crippen LogP contribution < -0.4 is 0 Å². The van der Waals surface area contributed by atoms with Crippen LogP contribution in [-0.4, -0.2) is 35.0 Å². The molecule has 0 aromatic heterocycles. The van der Waals surface area contributed by atoms with Crippen LogP contribution in [0.15, 0.2) is 30.3 Å². The second-order valence-corrected chi connectivity index (χ2v) is 4.60. The van der Waals surface area contributed by atoms with E-state index < -0.39 is 23.3 Å². The molecular weight excluding hydrogens is 286 g/mol. The summed E-state index contributed by atoms with van der Waals surface area (Å²) in [4.78, 5) is 35.2. The third-order valence-corrected chi connectivity index (χ3v) is 2.94. The largest absolute Gasteiger partial charge is 0.444 e. The molecule has 1 saturated heterocycles. The molecule has 0 saturated carbocycles. The third-order valence-electron chi connectivity index (χ3n) is 2.79. The SMILES string of the molecule is O=C(Cl)CC1C(=O)OCN1C(=O)OCc1ccccc1. The molecule has 1 aromatic carbocycles. The lowest BCUT2D eigenvalue weighted by Gasteiger charge is -2.18. The fraction of sp³-hybridized carbons (Fsp3) is 0.308. The first-order chi connectivity index (χ1) is 9.58. The maximum atomic E-state index is 11.9. The molecule has 0 N–H and O–H groups in total. The molecule has 1 amide bonds. The predicted molar refractivity (Wildman–Crippen MR) is 68.7 cm³/mol. The summed E-state index contributed by atoms with van der Waals surface area (Å²) >= 11 is 5.24. The van der Waals surface area contributed by atoms with E-state index in [2.05, 4.69) is 0 Å². The van der Waals surface area contributed by atoms with Gasteiger partial charge >= 0.3 is 12.1 Å². The molecule has 0 bridgehead atoms. The van der Waals surface area contributed by atoms with Gasteiger partial charge in [0.1, 0.15) is 12.6 Å². The Balaban J connectivity index is 1.94. The Morgan fingerprint density at radius 3 is 2.70 bits per heavy atom. The molecule has 1 heterocycles. The van der Waals surface area contributed by atoms with Crippen molar-refractivity contribution in [2.75, 3.05) is 6.73 Å². The van der Waals surface area contributed by atoms with Crippen LogP contribution in [-0.2, 0) is 25.7 Å². The van der Waals surface area contributed by atoms with Crippen molar-refractivity contribution in [2.24, 2.45) is 0 Å². The minimum Gasteiger partial charge on any atom is -0.444 e. The molecule has 1 atom stereocenters. The molecule has 1 aliphatic rings. The second kappa shape index (κ2) is 6.38. The monoisotopic (exact) mass is 297 g/mol. The van der Waals surface area contributed by atoms with Crippen molar-refractivity contribution in [3.05, 3.63) is 35.9 Å². The minimum absolute atomic E-state index is 0.0753. The number of carbonyl (C=O) groups is 3. The van der Waals surface area contributed by atoms with Crippen molar-refractivity contribution in [1.82, 2.24) is 4.90 Å². The van der Waals surface area contributed by atoms with Crippen LogP contribution in [0.2, 0.25) is 0 Å². The Labute approximate surface area is 120 Å². The molecule has 1 aromatic rings. The number of hydrogen-bond acceptors (Lipinski definition) is 5. The number of amides is 1. The summed E-state index contributed by atoms with van der Waals surface area (Å²) in [5, 5.41) is -0.713. The van der Waals surface area contributed by atoms with Crippen LogP contribution in [0.25, 0.3) is 0 Å². The highest BCUT2D eigenvalue weighted by molar-refractivity contribution is 6.63. The molecule has 1 unspecified atom stereocenters. The van der Waals surface area contributed by atoms with Gasteiger partial charge in [-0.1, -0.05) is 30.3 Å². The van der Waals surface area contributed by atoms with Crippen molar-refractivity contribution in [3.63, 3.8) is 0 Å². The fourth-order valence-electron chi connectivity index (χ4n) is 1.77. The van der Waals surface area contributed by atoms with Gasteiger partial charge in [0, 0.05) is 0 Å². The first-order valence-corrected chi connectivity index (χ1v) is 6.28. The highest BCUT2D eigenvalue weighted by Gasteiger charge is 2.39. The summed E-state index contributed by atoms with van der Waals surface area (Å²) in [5.41, 5.74) is 0.817. The Kier molecular flexibility index (Phi) is 4.57. The standard InChI is InChI=1S/C13H12ClNO5/c14-11(16)6-10-12(17)20-8-15(10)13(18)19-7-9-4-2-1-3-5-9/h1-5,10H,6-8H2. The third kappa shape index (κ3) is 3.48. The summed E-state index contributed by atoms with van der Waals surface area (Å²) in [6.45, 7) is -0.160. The first kappa shape index (κ1) is 14.3. The van der Waals surface area contributed by atoms with Crippen molar-refractivity contribution < 1.29 is 23.9 Å². The summed E-state index contributed by atoms with van der Waals surface area (Å²) in [5.74, 6) is -0.657. The topological polar surface area (TPSA) is 72.9 Å². The van der Waals surface area contributed by atoms with E-state index >= 15 is 0 Å². The lowest BCUT2D eigenvalue weighted by atomic mass is 10.2. The average molecular weight is 298 g/mol. The number of esters is 1. The van der Waals surface area contributed by atoms with Gasteiger partial charge < -0.3 is 9.47 Å². The molecule has 1 fully saturated rings. The molecule has 106 valence electrons. The van der Waals surface area contributed by atoms with Gasteiger partial charge in [0.05, 0.1) is 6.42 Å². The fourth-order valence-corrected chi connectivity index (χ4v) is 1.92. The molecule has 0 aliphatic carbocycles. The van der Waals surface area contributed by atoms with Gasteiger partial charge in [-0.05, 0) is 17.2 Å². The molecule has 1 aliphatic heterocycles. The summed E-state index contributed by atoms with van der Waals surface area (Å²) in [7, 11) is 0. The molecule has 2 rings (SSSR count). The van der Waals surface area contributed by atoms with E-state index in [-0.39, 0.29) is 19.8 Å². The van der Waals surface area contributed by atoms with Crippen molar-refractivity contribution in [3.8, 4) is 0 Å². The van der Waals surface area contributed by atoms with Gasteiger partial charge in [0.2, 0.25) is 5.24 Å². The average Bonchev–Trinajstić information content (AvgIpc) is 2.78. The van der Waals surface area contributed by atoms with E-state index in [1.54, 1.807) is 12.1 Å². The number of ether oxygens (including phenoxy) is 2. The number of carbonyl (C=O) groups excluding carboxylic acids is 3. The number of rotatable bonds is 4. The molecule has 7 heteroatoms. The lowest BCUT2D eigenvalue weighted by molar-refractivity contribution is -0.139. The van der Waals surface area contributed by atoms with Crippen LogP contribution in [0.1, 0.15) is 12.0 Å². The van der Waals surface area contributed by atoms with E-state index in [0.717, 1.165) is 10.5 Å². The number of nitrogens with zero attached hydrogens (tertiary/aromatic N) is 1. The molecule has 0 spiro atoms.